The Morgan fingerprint density at radius 2 is 2.29 bits per heavy atom. The molecule has 76 valence electrons. The van der Waals surface area contributed by atoms with Gasteiger partial charge in [0.2, 0.25) is 0 Å². The van der Waals surface area contributed by atoms with Gasteiger partial charge in [0.1, 0.15) is 5.67 Å². The van der Waals surface area contributed by atoms with E-state index in [-0.39, 0.29) is 6.54 Å². The van der Waals surface area contributed by atoms with Crippen molar-refractivity contribution < 1.29 is 4.39 Å². The quantitative estimate of drug-likeness (QED) is 0.823. The van der Waals surface area contributed by atoms with Gasteiger partial charge in [-0.1, -0.05) is 28.1 Å². The molecule has 0 heterocycles. The van der Waals surface area contributed by atoms with E-state index in [2.05, 4.69) is 22.0 Å². The van der Waals surface area contributed by atoms with Gasteiger partial charge in [-0.3, -0.25) is 0 Å². The van der Waals surface area contributed by atoms with Crippen LogP contribution < -0.4 is 5.73 Å². The molecule has 0 saturated heterocycles. The molecule has 0 fully saturated rings. The molecule has 1 aromatic carbocycles. The molecule has 14 heavy (non-hydrogen) atoms. The third kappa shape index (κ3) is 1.71. The van der Waals surface area contributed by atoms with Crippen LogP contribution in [0.1, 0.15) is 17.5 Å². The number of alkyl halides is 1. The van der Waals surface area contributed by atoms with Crippen LogP contribution in [0.5, 0.6) is 0 Å². The summed E-state index contributed by atoms with van der Waals surface area (Å²) in [5.41, 5.74) is 6.60. The Morgan fingerprint density at radius 1 is 1.50 bits per heavy atom. The van der Waals surface area contributed by atoms with Crippen LogP contribution in [0.15, 0.2) is 22.7 Å². The molecule has 1 nitrogen and oxygen atoms in total. The van der Waals surface area contributed by atoms with Gasteiger partial charge in [0, 0.05) is 17.4 Å². The predicted octanol–water partition coefficient (Wildman–Crippen LogP) is 2.60. The maximum atomic E-state index is 14.0. The van der Waals surface area contributed by atoms with Crippen molar-refractivity contribution in [1.29, 1.82) is 0 Å². The summed E-state index contributed by atoms with van der Waals surface area (Å²) < 4.78 is 15.0. The van der Waals surface area contributed by atoms with Crippen LogP contribution in [0.2, 0.25) is 0 Å². The average Bonchev–Trinajstić information content (AvgIpc) is 2.20. The van der Waals surface area contributed by atoms with E-state index < -0.39 is 5.67 Å². The van der Waals surface area contributed by atoms with Gasteiger partial charge in [-0.25, -0.2) is 4.39 Å². The molecule has 0 spiro atoms. The van der Waals surface area contributed by atoms with Gasteiger partial charge < -0.3 is 5.73 Å². The number of fused-ring (bicyclic) bond motifs is 1. The summed E-state index contributed by atoms with van der Waals surface area (Å²) in [6.07, 6.45) is 1.79. The third-order valence-electron chi connectivity index (χ3n) is 2.92. The lowest BCUT2D eigenvalue weighted by atomic mass is 9.82. The Hall–Kier alpha value is -0.410. The zero-order valence-electron chi connectivity index (χ0n) is 7.89. The monoisotopic (exact) mass is 257 g/mol. The van der Waals surface area contributed by atoms with Crippen molar-refractivity contribution >= 4 is 15.9 Å². The largest absolute Gasteiger partial charge is 0.328 e. The molecule has 3 heteroatoms. The van der Waals surface area contributed by atoms with Gasteiger partial charge >= 0.3 is 0 Å². The number of aryl methyl sites for hydroxylation is 1. The van der Waals surface area contributed by atoms with Gasteiger partial charge in [0.05, 0.1) is 0 Å². The van der Waals surface area contributed by atoms with Gasteiger partial charge in [-0.15, -0.1) is 0 Å². The molecule has 0 amide bonds. The van der Waals surface area contributed by atoms with Gasteiger partial charge in [-0.05, 0) is 30.0 Å². The van der Waals surface area contributed by atoms with Crippen LogP contribution in [0.4, 0.5) is 4.39 Å². The Kier molecular flexibility index (Phi) is 2.62. The lowest BCUT2D eigenvalue weighted by Crippen LogP contribution is -2.38. The van der Waals surface area contributed by atoms with Crippen molar-refractivity contribution in [3.8, 4) is 0 Å². The smallest absolute Gasteiger partial charge is 0.127 e. The molecule has 0 bridgehead atoms. The molecule has 1 atom stereocenters. The molecule has 1 aromatic rings. The van der Waals surface area contributed by atoms with Crippen LogP contribution in [-0.4, -0.2) is 12.2 Å². The summed E-state index contributed by atoms with van der Waals surface area (Å²) in [6, 6.07) is 6.02. The van der Waals surface area contributed by atoms with E-state index in [0.717, 1.165) is 16.5 Å². The van der Waals surface area contributed by atoms with E-state index in [1.807, 2.05) is 12.1 Å². The molecule has 0 radical (unpaired) electrons. The Labute approximate surface area is 91.6 Å². The minimum Gasteiger partial charge on any atom is -0.328 e. The average molecular weight is 258 g/mol. The number of hydrogen-bond acceptors (Lipinski definition) is 1. The zero-order chi connectivity index (χ0) is 10.2. The van der Waals surface area contributed by atoms with Crippen molar-refractivity contribution in [2.24, 2.45) is 5.73 Å². The Bertz CT molecular complexity index is 353. The fourth-order valence-corrected chi connectivity index (χ4v) is 2.52. The fourth-order valence-electron chi connectivity index (χ4n) is 1.97. The fraction of sp³-hybridized carbons (Fsp3) is 0.455. The lowest BCUT2D eigenvalue weighted by molar-refractivity contribution is 0.151. The van der Waals surface area contributed by atoms with Crippen LogP contribution >= 0.6 is 15.9 Å². The molecule has 0 aromatic heterocycles. The molecular weight excluding hydrogens is 245 g/mol. The second-order valence-electron chi connectivity index (χ2n) is 3.91. The Balaban J connectivity index is 2.38. The standard InChI is InChI=1S/C11H13BrFN/c12-10-3-1-2-8-4-5-11(13,7-14)6-9(8)10/h1-3H,4-7,14H2. The van der Waals surface area contributed by atoms with Crippen LogP contribution in [0.25, 0.3) is 0 Å². The molecule has 1 unspecified atom stereocenters. The lowest BCUT2D eigenvalue weighted by Gasteiger charge is -2.30. The molecule has 1 aliphatic rings. The maximum absolute atomic E-state index is 14.0. The molecule has 2 rings (SSSR count). The predicted molar refractivity (Wildman–Crippen MR) is 59.1 cm³/mol. The summed E-state index contributed by atoms with van der Waals surface area (Å²) >= 11 is 3.46. The topological polar surface area (TPSA) is 26.0 Å². The highest BCUT2D eigenvalue weighted by atomic mass is 79.9. The maximum Gasteiger partial charge on any atom is 0.127 e. The van der Waals surface area contributed by atoms with E-state index >= 15 is 0 Å². The second-order valence-corrected chi connectivity index (χ2v) is 4.76. The number of nitrogens with two attached hydrogens (primary N) is 1. The van der Waals surface area contributed by atoms with Crippen LogP contribution in [0.3, 0.4) is 0 Å². The summed E-state index contributed by atoms with van der Waals surface area (Å²) in [5.74, 6) is 0. The Morgan fingerprint density at radius 3 is 3.00 bits per heavy atom. The highest BCUT2D eigenvalue weighted by molar-refractivity contribution is 9.10. The first-order chi connectivity index (χ1) is 6.64. The minimum absolute atomic E-state index is 0.119. The summed E-state index contributed by atoms with van der Waals surface area (Å²) in [6.45, 7) is 0.119. The summed E-state index contributed by atoms with van der Waals surface area (Å²) in [5, 5.41) is 0. The highest BCUT2D eigenvalue weighted by Crippen LogP contribution is 2.34. The number of hydrogen-bond donors (Lipinski definition) is 1. The summed E-state index contributed by atoms with van der Waals surface area (Å²) in [4.78, 5) is 0. The van der Waals surface area contributed by atoms with Crippen molar-refractivity contribution in [1.82, 2.24) is 0 Å². The molecular formula is C11H13BrFN. The van der Waals surface area contributed by atoms with E-state index in [1.165, 1.54) is 5.56 Å². The van der Waals surface area contributed by atoms with Gasteiger partial charge in [0.25, 0.3) is 0 Å². The third-order valence-corrected chi connectivity index (χ3v) is 3.66. The minimum atomic E-state index is -1.20. The van der Waals surface area contributed by atoms with Crippen LogP contribution in [-0.2, 0) is 12.8 Å². The normalized spacial score (nSPS) is 25.9. The molecule has 0 aliphatic heterocycles. The van der Waals surface area contributed by atoms with E-state index in [9.17, 15) is 4.39 Å². The zero-order valence-corrected chi connectivity index (χ0v) is 9.48. The molecule has 0 saturated carbocycles. The first kappa shape index (κ1) is 10.1. The van der Waals surface area contributed by atoms with Crippen molar-refractivity contribution in [3.05, 3.63) is 33.8 Å². The first-order valence-electron chi connectivity index (χ1n) is 4.80. The first-order valence-corrected chi connectivity index (χ1v) is 5.59. The van der Waals surface area contributed by atoms with Crippen molar-refractivity contribution in [2.45, 2.75) is 24.9 Å². The van der Waals surface area contributed by atoms with Gasteiger partial charge in [-0.2, -0.15) is 0 Å². The van der Waals surface area contributed by atoms with Crippen LogP contribution in [0, 0.1) is 0 Å². The number of benzene rings is 1. The number of halogens is 2. The van der Waals surface area contributed by atoms with E-state index in [0.29, 0.717) is 12.8 Å². The van der Waals surface area contributed by atoms with E-state index in [4.69, 9.17) is 5.73 Å². The second kappa shape index (κ2) is 3.63. The SMILES string of the molecule is NCC1(F)CCc2cccc(Br)c2C1. The van der Waals surface area contributed by atoms with E-state index in [1.54, 1.807) is 0 Å². The number of rotatable bonds is 1. The van der Waals surface area contributed by atoms with Crippen molar-refractivity contribution in [3.63, 3.8) is 0 Å². The summed E-state index contributed by atoms with van der Waals surface area (Å²) in [7, 11) is 0. The van der Waals surface area contributed by atoms with Crippen molar-refractivity contribution in [2.75, 3.05) is 6.54 Å². The molecule has 2 N–H and O–H groups in total. The van der Waals surface area contributed by atoms with Gasteiger partial charge in [0.15, 0.2) is 0 Å². The molecule has 1 aliphatic carbocycles. The highest BCUT2D eigenvalue weighted by Gasteiger charge is 2.33.